The zero-order valence-corrected chi connectivity index (χ0v) is 13.7. The Morgan fingerprint density at radius 2 is 1.96 bits per heavy atom. The highest BCUT2D eigenvalue weighted by Gasteiger charge is 2.24. The van der Waals surface area contributed by atoms with Gasteiger partial charge in [-0.1, -0.05) is 30.3 Å². The molecular weight excluding hydrogens is 317 g/mol. The van der Waals surface area contributed by atoms with Crippen LogP contribution in [-0.2, 0) is 12.8 Å². The number of furan rings is 1. The fourth-order valence-corrected chi connectivity index (χ4v) is 3.31. The topological polar surface area (TPSA) is 33.5 Å². The van der Waals surface area contributed by atoms with Crippen molar-refractivity contribution in [3.63, 3.8) is 0 Å². The van der Waals surface area contributed by atoms with Gasteiger partial charge in [-0.2, -0.15) is 0 Å². The third-order valence-corrected chi connectivity index (χ3v) is 4.74. The smallest absolute Gasteiger partial charge is 0.254 e. The second-order valence-electron chi connectivity index (χ2n) is 6.27. The molecule has 0 saturated heterocycles. The van der Waals surface area contributed by atoms with E-state index in [0.717, 1.165) is 28.7 Å². The summed E-state index contributed by atoms with van der Waals surface area (Å²) in [5.74, 6) is -0.187. The lowest BCUT2D eigenvalue weighted by Gasteiger charge is -2.29. The average Bonchev–Trinajstić information content (AvgIpc) is 3.17. The molecular formula is C21H18FNO2. The molecule has 2 aromatic carbocycles. The number of carbonyl (C=O) groups is 1. The molecule has 0 atom stereocenters. The molecule has 2 heterocycles. The molecule has 0 fully saturated rings. The van der Waals surface area contributed by atoms with E-state index in [1.807, 2.05) is 29.2 Å². The van der Waals surface area contributed by atoms with E-state index in [9.17, 15) is 9.18 Å². The van der Waals surface area contributed by atoms with Crippen LogP contribution in [0.1, 0.15) is 21.5 Å². The van der Waals surface area contributed by atoms with Gasteiger partial charge in [0.25, 0.3) is 5.91 Å². The third-order valence-electron chi connectivity index (χ3n) is 4.74. The lowest BCUT2D eigenvalue weighted by molar-refractivity contribution is 0.0741. The average molecular weight is 335 g/mol. The van der Waals surface area contributed by atoms with Crippen LogP contribution in [-0.4, -0.2) is 23.9 Å². The molecule has 3 aromatic rings. The van der Waals surface area contributed by atoms with Gasteiger partial charge < -0.3 is 9.32 Å². The van der Waals surface area contributed by atoms with Gasteiger partial charge in [-0.3, -0.25) is 4.79 Å². The number of nitrogens with zero attached hydrogens (tertiary/aromatic N) is 1. The molecule has 0 unspecified atom stereocenters. The van der Waals surface area contributed by atoms with Crippen molar-refractivity contribution in [3.05, 3.63) is 83.6 Å². The van der Waals surface area contributed by atoms with Crippen molar-refractivity contribution < 1.29 is 13.6 Å². The van der Waals surface area contributed by atoms with Crippen molar-refractivity contribution in [2.24, 2.45) is 0 Å². The Kier molecular flexibility index (Phi) is 4.10. The fourth-order valence-electron chi connectivity index (χ4n) is 3.31. The molecule has 4 rings (SSSR count). The summed E-state index contributed by atoms with van der Waals surface area (Å²) in [6.07, 6.45) is 4.68. The first-order valence-electron chi connectivity index (χ1n) is 8.40. The number of hydrogen-bond acceptors (Lipinski definition) is 2. The molecule has 0 saturated carbocycles. The molecule has 1 aromatic heterocycles. The maximum absolute atomic E-state index is 13.7. The molecule has 0 N–H and O–H groups in total. The zero-order chi connectivity index (χ0) is 17.2. The summed E-state index contributed by atoms with van der Waals surface area (Å²) in [5.41, 5.74) is 4.52. The third kappa shape index (κ3) is 3.07. The number of carbonyl (C=O) groups excluding carboxylic acids is 1. The lowest BCUT2D eigenvalue weighted by Crippen LogP contribution is -2.38. The normalized spacial score (nSPS) is 13.8. The van der Waals surface area contributed by atoms with Crippen LogP contribution >= 0.6 is 0 Å². The van der Waals surface area contributed by atoms with Crippen LogP contribution in [0.25, 0.3) is 11.1 Å². The van der Waals surface area contributed by atoms with E-state index in [2.05, 4.69) is 6.07 Å². The van der Waals surface area contributed by atoms with E-state index in [4.69, 9.17) is 4.42 Å². The minimum absolute atomic E-state index is 0.0244. The largest absolute Gasteiger partial charge is 0.472 e. The highest BCUT2D eigenvalue weighted by molar-refractivity contribution is 5.97. The molecule has 0 aliphatic carbocycles. The van der Waals surface area contributed by atoms with Crippen LogP contribution in [0.2, 0.25) is 0 Å². The molecule has 1 aliphatic heterocycles. The summed E-state index contributed by atoms with van der Waals surface area (Å²) < 4.78 is 18.9. The van der Waals surface area contributed by atoms with Gasteiger partial charge in [-0.25, -0.2) is 4.39 Å². The number of halogens is 1. The van der Waals surface area contributed by atoms with Gasteiger partial charge in [0.15, 0.2) is 0 Å². The monoisotopic (exact) mass is 335 g/mol. The minimum Gasteiger partial charge on any atom is -0.472 e. The maximum atomic E-state index is 13.7. The van der Waals surface area contributed by atoms with E-state index in [0.29, 0.717) is 25.1 Å². The summed E-state index contributed by atoms with van der Waals surface area (Å²) in [4.78, 5) is 14.5. The Hall–Kier alpha value is -2.88. The van der Waals surface area contributed by atoms with Crippen molar-refractivity contribution in [1.82, 2.24) is 4.90 Å². The van der Waals surface area contributed by atoms with Gasteiger partial charge in [0.2, 0.25) is 0 Å². The Morgan fingerprint density at radius 3 is 2.76 bits per heavy atom. The SMILES string of the molecule is O=C1c2ccc(-c3ccoc3)cc2CCN1CCc1ccccc1F. The summed E-state index contributed by atoms with van der Waals surface area (Å²) >= 11 is 0. The summed E-state index contributed by atoms with van der Waals surface area (Å²) in [6, 6.07) is 14.5. The van der Waals surface area contributed by atoms with Crippen LogP contribution in [0, 0.1) is 5.82 Å². The molecule has 0 radical (unpaired) electrons. The Labute approximate surface area is 145 Å². The Morgan fingerprint density at radius 1 is 1.08 bits per heavy atom. The Bertz CT molecular complexity index is 902. The molecule has 1 amide bonds. The van der Waals surface area contributed by atoms with E-state index >= 15 is 0 Å². The number of fused-ring (bicyclic) bond motifs is 1. The predicted octanol–water partition coefficient (Wildman–Crippen LogP) is 4.33. The second-order valence-corrected chi connectivity index (χ2v) is 6.27. The lowest BCUT2D eigenvalue weighted by atomic mass is 9.94. The number of benzene rings is 2. The van der Waals surface area contributed by atoms with E-state index in [1.54, 1.807) is 24.7 Å². The number of rotatable bonds is 4. The Balaban J connectivity index is 1.50. The molecule has 3 nitrogen and oxygen atoms in total. The summed E-state index contributed by atoms with van der Waals surface area (Å²) in [6.45, 7) is 1.19. The van der Waals surface area contributed by atoms with Crippen LogP contribution in [0.5, 0.6) is 0 Å². The zero-order valence-electron chi connectivity index (χ0n) is 13.7. The predicted molar refractivity (Wildman–Crippen MR) is 93.9 cm³/mol. The van der Waals surface area contributed by atoms with Gasteiger partial charge in [0, 0.05) is 24.2 Å². The molecule has 0 bridgehead atoms. The molecule has 1 aliphatic rings. The van der Waals surface area contributed by atoms with Crippen LogP contribution in [0.3, 0.4) is 0 Å². The van der Waals surface area contributed by atoms with Gasteiger partial charge >= 0.3 is 0 Å². The van der Waals surface area contributed by atoms with Crippen molar-refractivity contribution in [3.8, 4) is 11.1 Å². The molecule has 0 spiro atoms. The van der Waals surface area contributed by atoms with Gasteiger partial charge in [0.05, 0.1) is 12.5 Å². The highest BCUT2D eigenvalue weighted by atomic mass is 19.1. The molecule has 126 valence electrons. The second kappa shape index (κ2) is 6.55. The highest BCUT2D eigenvalue weighted by Crippen LogP contribution is 2.26. The van der Waals surface area contributed by atoms with Crippen LogP contribution in [0.15, 0.2) is 65.5 Å². The standard InChI is InChI=1S/C21H18FNO2/c22-20-4-2-1-3-15(20)7-10-23-11-8-17-13-16(18-9-12-25-14-18)5-6-19(17)21(23)24/h1-6,9,12-14H,7-8,10-11H2. The van der Waals surface area contributed by atoms with E-state index in [1.165, 1.54) is 6.07 Å². The molecule has 4 heteroatoms. The maximum Gasteiger partial charge on any atom is 0.254 e. The minimum atomic E-state index is -0.211. The van der Waals surface area contributed by atoms with Crippen LogP contribution in [0.4, 0.5) is 4.39 Å². The first-order chi connectivity index (χ1) is 12.2. The first-order valence-corrected chi connectivity index (χ1v) is 8.40. The van der Waals surface area contributed by atoms with Crippen molar-refractivity contribution in [2.45, 2.75) is 12.8 Å². The van der Waals surface area contributed by atoms with E-state index in [-0.39, 0.29) is 11.7 Å². The fraction of sp³-hybridized carbons (Fsp3) is 0.190. The van der Waals surface area contributed by atoms with Crippen molar-refractivity contribution >= 4 is 5.91 Å². The van der Waals surface area contributed by atoms with Gasteiger partial charge in [0.1, 0.15) is 5.82 Å². The quantitative estimate of drug-likeness (QED) is 0.711. The van der Waals surface area contributed by atoms with Crippen molar-refractivity contribution in [1.29, 1.82) is 0 Å². The summed E-state index contributed by atoms with van der Waals surface area (Å²) in [7, 11) is 0. The molecule has 25 heavy (non-hydrogen) atoms. The number of hydrogen-bond donors (Lipinski definition) is 0. The number of amides is 1. The van der Waals surface area contributed by atoms with Gasteiger partial charge in [-0.05, 0) is 47.7 Å². The van der Waals surface area contributed by atoms with Crippen LogP contribution < -0.4 is 0 Å². The van der Waals surface area contributed by atoms with E-state index < -0.39 is 0 Å². The summed E-state index contributed by atoms with van der Waals surface area (Å²) in [5, 5.41) is 0. The van der Waals surface area contributed by atoms with Gasteiger partial charge in [-0.15, -0.1) is 0 Å². The first kappa shape index (κ1) is 15.6. The van der Waals surface area contributed by atoms with Crippen molar-refractivity contribution in [2.75, 3.05) is 13.1 Å².